The Morgan fingerprint density at radius 2 is 2.14 bits per heavy atom. The van der Waals surface area contributed by atoms with Crippen LogP contribution in [0, 0.1) is 0 Å². The van der Waals surface area contributed by atoms with Crippen LogP contribution in [0.2, 0.25) is 0 Å². The van der Waals surface area contributed by atoms with E-state index in [1.165, 1.54) is 20.5 Å². The fourth-order valence-electron chi connectivity index (χ4n) is 2.25. The normalized spacial score (nSPS) is 21.1. The van der Waals surface area contributed by atoms with Crippen LogP contribution in [0.4, 0.5) is 0 Å². The van der Waals surface area contributed by atoms with E-state index in [0.29, 0.717) is 0 Å². The minimum atomic E-state index is -0.212. The summed E-state index contributed by atoms with van der Waals surface area (Å²) in [7, 11) is 0. The van der Waals surface area contributed by atoms with E-state index in [1.54, 1.807) is 11.3 Å². The van der Waals surface area contributed by atoms with E-state index in [1.807, 2.05) is 0 Å². The van der Waals surface area contributed by atoms with Crippen molar-refractivity contribution in [3.8, 4) is 0 Å². The lowest BCUT2D eigenvalue weighted by atomic mass is 9.94. The largest absolute Gasteiger partial charge is 0.388 e. The summed E-state index contributed by atoms with van der Waals surface area (Å²) in [6.07, 6.45) is 2.97. The molecule has 3 rings (SSSR count). The molecule has 0 saturated carbocycles. The molecule has 2 aromatic rings. The summed E-state index contributed by atoms with van der Waals surface area (Å²) in [5.41, 5.74) is 1.39. The molecule has 0 radical (unpaired) electrons. The zero-order valence-corrected chi connectivity index (χ0v) is 8.68. The van der Waals surface area contributed by atoms with Crippen molar-refractivity contribution in [1.82, 2.24) is 0 Å². The summed E-state index contributed by atoms with van der Waals surface area (Å²) in [5, 5.41) is 11.2. The third kappa shape index (κ3) is 1.11. The van der Waals surface area contributed by atoms with Crippen molar-refractivity contribution in [2.24, 2.45) is 0 Å². The molecule has 0 fully saturated rings. The molecule has 1 aromatic heterocycles. The van der Waals surface area contributed by atoms with Crippen LogP contribution in [-0.4, -0.2) is 5.11 Å². The highest BCUT2D eigenvalue weighted by molar-refractivity contribution is 7.19. The van der Waals surface area contributed by atoms with Crippen LogP contribution in [0.15, 0.2) is 24.3 Å². The van der Waals surface area contributed by atoms with Crippen molar-refractivity contribution in [3.05, 3.63) is 34.7 Å². The molecule has 0 unspecified atom stereocenters. The Balaban J connectivity index is 2.32. The van der Waals surface area contributed by atoms with Gasteiger partial charge in [0, 0.05) is 9.58 Å². The third-order valence-corrected chi connectivity index (χ3v) is 4.25. The average Bonchev–Trinajstić information content (AvgIpc) is 2.59. The molecular formula is C12H12OS. The lowest BCUT2D eigenvalue weighted by Gasteiger charge is -2.16. The van der Waals surface area contributed by atoms with E-state index in [0.717, 1.165) is 19.3 Å². The van der Waals surface area contributed by atoms with Crippen LogP contribution in [0.25, 0.3) is 10.1 Å². The van der Waals surface area contributed by atoms with E-state index in [4.69, 9.17) is 0 Å². The van der Waals surface area contributed by atoms with Crippen LogP contribution >= 0.6 is 11.3 Å². The SMILES string of the molecule is O[C@H]1CCCc2c1sc1ccccc21. The quantitative estimate of drug-likeness (QED) is 0.698. The Kier molecular flexibility index (Phi) is 1.85. The fourth-order valence-corrected chi connectivity index (χ4v) is 3.52. The van der Waals surface area contributed by atoms with Crippen molar-refractivity contribution < 1.29 is 5.11 Å². The minimum Gasteiger partial charge on any atom is -0.388 e. The highest BCUT2D eigenvalue weighted by Gasteiger charge is 2.22. The van der Waals surface area contributed by atoms with Gasteiger partial charge in [0.25, 0.3) is 0 Å². The Hall–Kier alpha value is -0.860. The first-order valence-electron chi connectivity index (χ1n) is 5.04. The molecule has 1 atom stereocenters. The van der Waals surface area contributed by atoms with Gasteiger partial charge in [-0.05, 0) is 36.3 Å². The highest BCUT2D eigenvalue weighted by atomic mass is 32.1. The molecule has 72 valence electrons. The predicted octanol–water partition coefficient (Wildman–Crippen LogP) is 3.27. The van der Waals surface area contributed by atoms with E-state index < -0.39 is 0 Å². The van der Waals surface area contributed by atoms with Gasteiger partial charge in [0.1, 0.15) is 0 Å². The Morgan fingerprint density at radius 1 is 1.29 bits per heavy atom. The molecule has 0 bridgehead atoms. The van der Waals surface area contributed by atoms with Crippen LogP contribution in [0.5, 0.6) is 0 Å². The standard InChI is InChI=1S/C12H12OS/c13-10-6-3-5-9-8-4-1-2-7-11(8)14-12(9)10/h1-2,4,7,10,13H,3,5-6H2/t10-/m0/s1. The molecular weight excluding hydrogens is 192 g/mol. The molecule has 1 heterocycles. The van der Waals surface area contributed by atoms with E-state index in [-0.39, 0.29) is 6.10 Å². The molecule has 0 amide bonds. The zero-order chi connectivity index (χ0) is 9.54. The van der Waals surface area contributed by atoms with Crippen molar-refractivity contribution in [3.63, 3.8) is 0 Å². The summed E-state index contributed by atoms with van der Waals surface area (Å²) >= 11 is 1.76. The lowest BCUT2D eigenvalue weighted by molar-refractivity contribution is 0.161. The summed E-state index contributed by atoms with van der Waals surface area (Å²) < 4.78 is 1.32. The number of fused-ring (bicyclic) bond motifs is 3. The molecule has 1 N–H and O–H groups in total. The van der Waals surface area contributed by atoms with Gasteiger partial charge in [0.05, 0.1) is 6.10 Å². The van der Waals surface area contributed by atoms with Crippen LogP contribution in [0.1, 0.15) is 29.4 Å². The van der Waals surface area contributed by atoms with Gasteiger partial charge in [0.15, 0.2) is 0 Å². The number of benzene rings is 1. The smallest absolute Gasteiger partial charge is 0.0885 e. The second-order valence-corrected chi connectivity index (χ2v) is 4.93. The second kappa shape index (κ2) is 3.07. The van der Waals surface area contributed by atoms with Crippen molar-refractivity contribution in [2.45, 2.75) is 25.4 Å². The first kappa shape index (κ1) is 8.45. The Bertz CT molecular complexity index is 472. The Morgan fingerprint density at radius 3 is 3.07 bits per heavy atom. The Labute approximate surface area is 87.0 Å². The van der Waals surface area contributed by atoms with E-state index in [2.05, 4.69) is 24.3 Å². The van der Waals surface area contributed by atoms with Gasteiger partial charge < -0.3 is 5.11 Å². The summed E-state index contributed by atoms with van der Waals surface area (Å²) in [4.78, 5) is 1.21. The molecule has 1 aliphatic rings. The fraction of sp³-hybridized carbons (Fsp3) is 0.333. The molecule has 2 heteroatoms. The van der Waals surface area contributed by atoms with Gasteiger partial charge in [-0.25, -0.2) is 0 Å². The number of hydrogen-bond acceptors (Lipinski definition) is 2. The first-order valence-corrected chi connectivity index (χ1v) is 5.86. The maximum atomic E-state index is 9.87. The van der Waals surface area contributed by atoms with Crippen LogP contribution in [0.3, 0.4) is 0 Å². The monoisotopic (exact) mass is 204 g/mol. The molecule has 1 aliphatic carbocycles. The molecule has 0 saturated heterocycles. The van der Waals surface area contributed by atoms with E-state index >= 15 is 0 Å². The number of hydrogen-bond donors (Lipinski definition) is 1. The number of aliphatic hydroxyl groups is 1. The molecule has 1 aromatic carbocycles. The molecule has 0 aliphatic heterocycles. The summed E-state index contributed by atoms with van der Waals surface area (Å²) in [6, 6.07) is 8.46. The number of thiophene rings is 1. The first-order chi connectivity index (χ1) is 6.86. The maximum absolute atomic E-state index is 9.87. The number of aliphatic hydroxyl groups excluding tert-OH is 1. The minimum absolute atomic E-state index is 0.212. The van der Waals surface area contributed by atoms with Crippen LogP contribution < -0.4 is 0 Å². The van der Waals surface area contributed by atoms with Crippen molar-refractivity contribution >= 4 is 21.4 Å². The van der Waals surface area contributed by atoms with Gasteiger partial charge in [0.2, 0.25) is 0 Å². The van der Waals surface area contributed by atoms with Gasteiger partial charge in [-0.15, -0.1) is 11.3 Å². The van der Waals surface area contributed by atoms with Gasteiger partial charge in [-0.2, -0.15) is 0 Å². The third-order valence-electron chi connectivity index (χ3n) is 2.94. The lowest BCUT2D eigenvalue weighted by Crippen LogP contribution is -2.05. The maximum Gasteiger partial charge on any atom is 0.0885 e. The van der Waals surface area contributed by atoms with Crippen LogP contribution in [-0.2, 0) is 6.42 Å². The highest BCUT2D eigenvalue weighted by Crippen LogP contribution is 2.40. The molecule has 0 spiro atoms. The summed E-state index contributed by atoms with van der Waals surface area (Å²) in [6.45, 7) is 0. The van der Waals surface area contributed by atoms with Crippen molar-refractivity contribution in [1.29, 1.82) is 0 Å². The van der Waals surface area contributed by atoms with Gasteiger partial charge >= 0.3 is 0 Å². The second-order valence-electron chi connectivity index (χ2n) is 3.85. The molecule has 14 heavy (non-hydrogen) atoms. The zero-order valence-electron chi connectivity index (χ0n) is 7.86. The van der Waals surface area contributed by atoms with Crippen molar-refractivity contribution in [2.75, 3.05) is 0 Å². The number of aryl methyl sites for hydroxylation is 1. The van der Waals surface area contributed by atoms with Gasteiger partial charge in [-0.1, -0.05) is 18.2 Å². The summed E-state index contributed by atoms with van der Waals surface area (Å²) in [5.74, 6) is 0. The topological polar surface area (TPSA) is 20.2 Å². The van der Waals surface area contributed by atoms with Gasteiger partial charge in [-0.3, -0.25) is 0 Å². The van der Waals surface area contributed by atoms with E-state index in [9.17, 15) is 5.11 Å². The predicted molar refractivity (Wildman–Crippen MR) is 59.7 cm³/mol. The number of rotatable bonds is 0. The average molecular weight is 204 g/mol. The molecule has 1 nitrogen and oxygen atoms in total.